The van der Waals surface area contributed by atoms with Crippen molar-refractivity contribution in [2.75, 3.05) is 33.2 Å². The molecule has 1 rings (SSSR count). The maximum atomic E-state index is 10.5. The second-order valence-corrected chi connectivity index (χ2v) is 3.52. The van der Waals surface area contributed by atoms with Crippen LogP contribution < -0.4 is 11.1 Å². The molecule has 1 fully saturated rings. The van der Waals surface area contributed by atoms with Crippen LogP contribution in [-0.2, 0) is 4.79 Å². The van der Waals surface area contributed by atoms with E-state index in [0.29, 0.717) is 12.5 Å². The van der Waals surface area contributed by atoms with Crippen molar-refractivity contribution in [3.8, 4) is 0 Å². The molecule has 0 saturated carbocycles. The summed E-state index contributed by atoms with van der Waals surface area (Å²) in [4.78, 5) is 12.5. The van der Waals surface area contributed by atoms with Crippen LogP contribution in [0, 0.1) is 5.92 Å². The van der Waals surface area contributed by atoms with Gasteiger partial charge in [0, 0.05) is 6.54 Å². The van der Waals surface area contributed by atoms with Crippen LogP contribution in [0.1, 0.15) is 6.42 Å². The minimum atomic E-state index is -0.247. The highest BCUT2D eigenvalue weighted by Crippen LogP contribution is 2.07. The number of primary amides is 1. The van der Waals surface area contributed by atoms with E-state index >= 15 is 0 Å². The van der Waals surface area contributed by atoms with Crippen LogP contribution in [0.15, 0.2) is 0 Å². The third-order valence-electron chi connectivity index (χ3n) is 2.16. The standard InChI is InChI=1S/C8H17N3O/c1-11(6-8(9)12)5-7-2-3-10-4-7/h7,10H,2-6H2,1H3,(H2,9,12). The number of hydrogen-bond donors (Lipinski definition) is 2. The van der Waals surface area contributed by atoms with Crippen molar-refractivity contribution in [1.29, 1.82) is 0 Å². The summed E-state index contributed by atoms with van der Waals surface area (Å²) < 4.78 is 0. The van der Waals surface area contributed by atoms with Gasteiger partial charge in [-0.25, -0.2) is 0 Å². The lowest BCUT2D eigenvalue weighted by atomic mass is 10.1. The third-order valence-corrected chi connectivity index (χ3v) is 2.16. The van der Waals surface area contributed by atoms with Gasteiger partial charge in [-0.05, 0) is 32.5 Å². The van der Waals surface area contributed by atoms with Crippen molar-refractivity contribution in [3.63, 3.8) is 0 Å². The molecule has 0 spiro atoms. The summed E-state index contributed by atoms with van der Waals surface area (Å²) in [7, 11) is 1.93. The van der Waals surface area contributed by atoms with Gasteiger partial charge in [-0.2, -0.15) is 0 Å². The summed E-state index contributed by atoms with van der Waals surface area (Å²) in [5.41, 5.74) is 5.07. The maximum absolute atomic E-state index is 10.5. The molecule has 0 aliphatic carbocycles. The molecule has 1 heterocycles. The molecule has 1 atom stereocenters. The molecule has 12 heavy (non-hydrogen) atoms. The summed E-state index contributed by atoms with van der Waals surface area (Å²) in [5, 5.41) is 3.29. The van der Waals surface area contributed by atoms with E-state index < -0.39 is 0 Å². The molecule has 1 amide bonds. The van der Waals surface area contributed by atoms with Crippen LogP contribution in [0.5, 0.6) is 0 Å². The van der Waals surface area contributed by atoms with Gasteiger partial charge in [-0.15, -0.1) is 0 Å². The topological polar surface area (TPSA) is 58.4 Å². The minimum Gasteiger partial charge on any atom is -0.369 e. The van der Waals surface area contributed by atoms with Crippen LogP contribution in [0.3, 0.4) is 0 Å². The molecule has 0 aromatic rings. The highest BCUT2D eigenvalue weighted by molar-refractivity contribution is 5.75. The Bertz CT molecular complexity index is 154. The fraction of sp³-hybridized carbons (Fsp3) is 0.875. The van der Waals surface area contributed by atoms with E-state index in [-0.39, 0.29) is 5.91 Å². The van der Waals surface area contributed by atoms with Gasteiger partial charge in [-0.3, -0.25) is 9.69 Å². The molecule has 1 aliphatic heterocycles. The fourth-order valence-corrected chi connectivity index (χ4v) is 1.64. The molecule has 0 aromatic carbocycles. The molecule has 0 bridgehead atoms. The Morgan fingerprint density at radius 2 is 2.50 bits per heavy atom. The first-order valence-corrected chi connectivity index (χ1v) is 4.36. The number of likely N-dealkylation sites (N-methyl/N-ethyl adjacent to an activating group) is 1. The molecule has 1 aliphatic rings. The van der Waals surface area contributed by atoms with Crippen LogP contribution in [-0.4, -0.2) is 44.0 Å². The van der Waals surface area contributed by atoms with Crippen molar-refractivity contribution < 1.29 is 4.79 Å². The normalized spacial score (nSPS) is 23.3. The van der Waals surface area contributed by atoms with Crippen molar-refractivity contribution in [1.82, 2.24) is 10.2 Å². The second-order valence-electron chi connectivity index (χ2n) is 3.52. The first-order valence-electron chi connectivity index (χ1n) is 4.36. The summed E-state index contributed by atoms with van der Waals surface area (Å²) in [6.07, 6.45) is 1.21. The van der Waals surface area contributed by atoms with Crippen molar-refractivity contribution in [2.45, 2.75) is 6.42 Å². The fourth-order valence-electron chi connectivity index (χ4n) is 1.64. The van der Waals surface area contributed by atoms with E-state index in [9.17, 15) is 4.79 Å². The number of rotatable bonds is 4. The number of nitrogens with one attached hydrogen (secondary N) is 1. The quantitative estimate of drug-likeness (QED) is 0.571. The van der Waals surface area contributed by atoms with Gasteiger partial charge in [0.2, 0.25) is 5.91 Å². The van der Waals surface area contributed by atoms with Gasteiger partial charge >= 0.3 is 0 Å². The summed E-state index contributed by atoms with van der Waals surface area (Å²) >= 11 is 0. The number of nitrogens with two attached hydrogens (primary N) is 1. The molecule has 4 nitrogen and oxygen atoms in total. The van der Waals surface area contributed by atoms with E-state index in [1.807, 2.05) is 11.9 Å². The molecule has 3 N–H and O–H groups in total. The monoisotopic (exact) mass is 171 g/mol. The Hall–Kier alpha value is -0.610. The predicted octanol–water partition coefficient (Wildman–Crippen LogP) is -0.987. The number of hydrogen-bond acceptors (Lipinski definition) is 3. The average Bonchev–Trinajstić information content (AvgIpc) is 2.37. The van der Waals surface area contributed by atoms with Crippen LogP contribution in [0.4, 0.5) is 0 Å². The summed E-state index contributed by atoms with van der Waals surface area (Å²) in [6, 6.07) is 0. The molecule has 1 unspecified atom stereocenters. The van der Waals surface area contributed by atoms with E-state index in [2.05, 4.69) is 5.32 Å². The van der Waals surface area contributed by atoms with E-state index in [4.69, 9.17) is 5.73 Å². The van der Waals surface area contributed by atoms with Gasteiger partial charge < -0.3 is 11.1 Å². The zero-order chi connectivity index (χ0) is 8.97. The highest BCUT2D eigenvalue weighted by Gasteiger charge is 2.16. The molecule has 4 heteroatoms. The molecule has 0 aromatic heterocycles. The van der Waals surface area contributed by atoms with Gasteiger partial charge in [-0.1, -0.05) is 0 Å². The van der Waals surface area contributed by atoms with Gasteiger partial charge in [0.05, 0.1) is 6.54 Å². The average molecular weight is 171 g/mol. The lowest BCUT2D eigenvalue weighted by Crippen LogP contribution is -2.34. The summed E-state index contributed by atoms with van der Waals surface area (Å²) in [6.45, 7) is 3.52. The minimum absolute atomic E-state index is 0.247. The van der Waals surface area contributed by atoms with E-state index in [1.165, 1.54) is 6.42 Å². The predicted molar refractivity (Wildman–Crippen MR) is 47.7 cm³/mol. The molecule has 1 saturated heterocycles. The van der Waals surface area contributed by atoms with Gasteiger partial charge in [0.25, 0.3) is 0 Å². The Morgan fingerprint density at radius 1 is 1.75 bits per heavy atom. The van der Waals surface area contributed by atoms with Crippen molar-refractivity contribution in [3.05, 3.63) is 0 Å². The number of amides is 1. The third kappa shape index (κ3) is 3.19. The summed E-state index contributed by atoms with van der Waals surface area (Å²) in [5.74, 6) is 0.442. The van der Waals surface area contributed by atoms with Crippen LogP contribution in [0.25, 0.3) is 0 Å². The first-order chi connectivity index (χ1) is 5.68. The largest absolute Gasteiger partial charge is 0.369 e. The smallest absolute Gasteiger partial charge is 0.231 e. The first kappa shape index (κ1) is 9.48. The molecule has 70 valence electrons. The Balaban J connectivity index is 2.16. The Labute approximate surface area is 73.1 Å². The molecular formula is C8H17N3O. The number of carbonyl (C=O) groups is 1. The van der Waals surface area contributed by atoms with E-state index in [1.54, 1.807) is 0 Å². The maximum Gasteiger partial charge on any atom is 0.231 e. The van der Waals surface area contributed by atoms with Crippen molar-refractivity contribution in [2.24, 2.45) is 11.7 Å². The zero-order valence-corrected chi connectivity index (χ0v) is 7.55. The second kappa shape index (κ2) is 4.42. The highest BCUT2D eigenvalue weighted by atomic mass is 16.1. The van der Waals surface area contributed by atoms with Crippen LogP contribution >= 0.6 is 0 Å². The van der Waals surface area contributed by atoms with Gasteiger partial charge in [0.1, 0.15) is 0 Å². The van der Waals surface area contributed by atoms with Gasteiger partial charge in [0.15, 0.2) is 0 Å². The molecular weight excluding hydrogens is 154 g/mol. The van der Waals surface area contributed by atoms with Crippen LogP contribution in [0.2, 0.25) is 0 Å². The SMILES string of the molecule is CN(CC(N)=O)CC1CCNC1. The van der Waals surface area contributed by atoms with Crippen molar-refractivity contribution >= 4 is 5.91 Å². The zero-order valence-electron chi connectivity index (χ0n) is 7.55. The lowest BCUT2D eigenvalue weighted by Gasteiger charge is -2.18. The number of carbonyl (C=O) groups excluding carboxylic acids is 1. The van der Waals surface area contributed by atoms with E-state index in [0.717, 1.165) is 19.6 Å². The lowest BCUT2D eigenvalue weighted by molar-refractivity contribution is -0.118. The number of nitrogens with zero attached hydrogens (tertiary/aromatic N) is 1. The Morgan fingerprint density at radius 3 is 3.00 bits per heavy atom. The molecule has 0 radical (unpaired) electrons. The Kier molecular flexibility index (Phi) is 3.49.